The highest BCUT2D eigenvalue weighted by molar-refractivity contribution is 5.68. The van der Waals surface area contributed by atoms with Crippen LogP contribution in [0, 0.1) is 11.3 Å². The molecule has 0 aliphatic carbocycles. The van der Waals surface area contributed by atoms with E-state index in [0.717, 1.165) is 43.9 Å². The van der Waals surface area contributed by atoms with Crippen LogP contribution >= 0.6 is 0 Å². The summed E-state index contributed by atoms with van der Waals surface area (Å²) in [5, 5.41) is 16.2. The third kappa shape index (κ3) is 7.62. The average molecular weight is 503 g/mol. The van der Waals surface area contributed by atoms with Gasteiger partial charge in [0.25, 0.3) is 0 Å². The molecule has 0 bridgehead atoms. The molecule has 1 N–H and O–H groups in total. The number of carbonyl (C=O) groups excluding carboxylic acids is 1. The second-order valence-electron chi connectivity index (χ2n) is 10.4. The third-order valence-electron chi connectivity index (χ3n) is 6.14. The van der Waals surface area contributed by atoms with Crippen molar-refractivity contribution >= 4 is 6.09 Å². The largest absolute Gasteiger partial charge is 0.444 e. The Kier molecular flexibility index (Phi) is 8.21. The Hall–Kier alpha value is -3.74. The Morgan fingerprint density at radius 1 is 1.14 bits per heavy atom. The number of hydrogen-bond acceptors (Lipinski definition) is 8. The van der Waals surface area contributed by atoms with Crippen LogP contribution in [0.3, 0.4) is 0 Å². The topological polar surface area (TPSA) is 108 Å². The number of rotatable bonds is 7. The molecule has 2 aromatic carbocycles. The van der Waals surface area contributed by atoms with Crippen LogP contribution in [-0.2, 0) is 17.7 Å². The summed E-state index contributed by atoms with van der Waals surface area (Å²) in [6.07, 6.45) is -0.171. The van der Waals surface area contributed by atoms with E-state index in [-0.39, 0.29) is 5.89 Å². The van der Waals surface area contributed by atoms with Crippen molar-refractivity contribution in [2.24, 2.45) is 0 Å². The molecule has 37 heavy (non-hydrogen) atoms. The number of hydrogen-bond donors (Lipinski definition) is 1. The lowest BCUT2D eigenvalue weighted by molar-refractivity contribution is 0.0493. The maximum Gasteiger partial charge on any atom is 0.408 e. The van der Waals surface area contributed by atoms with E-state index in [1.165, 1.54) is 5.56 Å². The fourth-order valence-corrected chi connectivity index (χ4v) is 4.17. The number of aromatic nitrogens is 2. The first-order valence-corrected chi connectivity index (χ1v) is 12.5. The molecule has 0 radical (unpaired) electrons. The predicted octanol–water partition coefficient (Wildman–Crippen LogP) is 4.16. The second-order valence-corrected chi connectivity index (χ2v) is 10.4. The molecule has 3 aromatic rings. The molecule has 4 rings (SSSR count). The van der Waals surface area contributed by atoms with E-state index in [4.69, 9.17) is 14.5 Å². The zero-order valence-electron chi connectivity index (χ0n) is 21.9. The summed E-state index contributed by atoms with van der Waals surface area (Å²) >= 11 is 0. The normalized spacial score (nSPS) is 15.6. The first-order chi connectivity index (χ1) is 17.7. The van der Waals surface area contributed by atoms with Gasteiger partial charge < -0.3 is 19.5 Å². The molecule has 2 heterocycles. The van der Waals surface area contributed by atoms with Crippen molar-refractivity contribution in [2.45, 2.75) is 45.4 Å². The minimum atomic E-state index is -0.646. The van der Waals surface area contributed by atoms with Gasteiger partial charge in [-0.15, -0.1) is 0 Å². The summed E-state index contributed by atoms with van der Waals surface area (Å²) in [6.45, 7) is 10.5. The van der Waals surface area contributed by atoms with Crippen molar-refractivity contribution < 1.29 is 14.1 Å². The highest BCUT2D eigenvalue weighted by Gasteiger charge is 2.25. The van der Waals surface area contributed by atoms with Gasteiger partial charge in [0.2, 0.25) is 11.7 Å². The number of nitrogens with one attached hydrogen (secondary N) is 1. The molecule has 1 aliphatic heterocycles. The summed E-state index contributed by atoms with van der Waals surface area (Å²) < 4.78 is 11.1. The lowest BCUT2D eigenvalue weighted by Crippen LogP contribution is -2.43. The fourth-order valence-electron chi connectivity index (χ4n) is 4.17. The molecular formula is C28H34N6O3. The van der Waals surface area contributed by atoms with Crippen molar-refractivity contribution in [1.82, 2.24) is 25.3 Å². The van der Waals surface area contributed by atoms with Crippen molar-refractivity contribution in [3.05, 3.63) is 71.1 Å². The Morgan fingerprint density at radius 3 is 2.54 bits per heavy atom. The van der Waals surface area contributed by atoms with Crippen molar-refractivity contribution in [3.63, 3.8) is 0 Å². The molecule has 1 aromatic heterocycles. The molecule has 0 saturated carbocycles. The lowest BCUT2D eigenvalue weighted by Gasteiger charge is -2.32. The number of likely N-dealkylation sites (N-methyl/N-ethyl adjacent to an activating group) is 1. The quantitative estimate of drug-likeness (QED) is 0.513. The minimum Gasteiger partial charge on any atom is -0.444 e. The summed E-state index contributed by atoms with van der Waals surface area (Å²) in [6, 6.07) is 16.9. The monoisotopic (exact) mass is 502 g/mol. The van der Waals surface area contributed by atoms with Gasteiger partial charge in [-0.1, -0.05) is 35.5 Å². The van der Waals surface area contributed by atoms with E-state index in [0.29, 0.717) is 17.8 Å². The van der Waals surface area contributed by atoms with Crippen molar-refractivity contribution in [1.29, 1.82) is 5.26 Å². The Bertz CT molecular complexity index is 1230. The molecule has 9 nitrogen and oxygen atoms in total. The minimum absolute atomic E-state index is 0.287. The number of ether oxygens (including phenoxy) is 1. The number of benzene rings is 2. The second kappa shape index (κ2) is 11.5. The first kappa shape index (κ1) is 26.3. The van der Waals surface area contributed by atoms with Gasteiger partial charge in [0.15, 0.2) is 0 Å². The molecule has 1 unspecified atom stereocenters. The number of alkyl carbamates (subject to hydrolysis) is 1. The maximum absolute atomic E-state index is 12.6. The zero-order valence-corrected chi connectivity index (χ0v) is 21.9. The Labute approximate surface area is 218 Å². The Balaban J connectivity index is 1.52. The Morgan fingerprint density at radius 2 is 1.86 bits per heavy atom. The standard InChI is InChI=1S/C28H34N6O3/c1-28(2,3)36-27(35)30-24(17-20-8-10-21(18-29)11-9-20)26-31-25(32-37-26)23-7-5-6-22(16-23)19-34-14-12-33(4)13-15-34/h5-11,16,24H,12-15,17,19H2,1-4H3,(H,30,35). The molecule has 194 valence electrons. The van der Waals surface area contributed by atoms with Crippen LogP contribution in [0.15, 0.2) is 53.1 Å². The number of nitriles is 1. The van der Waals surface area contributed by atoms with Crippen LogP contribution < -0.4 is 5.32 Å². The van der Waals surface area contributed by atoms with Gasteiger partial charge in [-0.2, -0.15) is 10.2 Å². The van der Waals surface area contributed by atoms with Crippen LogP contribution in [0.25, 0.3) is 11.4 Å². The predicted molar refractivity (Wildman–Crippen MR) is 139 cm³/mol. The van der Waals surface area contributed by atoms with E-state index in [9.17, 15) is 4.79 Å². The zero-order chi connectivity index (χ0) is 26.4. The third-order valence-corrected chi connectivity index (χ3v) is 6.14. The van der Waals surface area contributed by atoms with Crippen LogP contribution in [0.4, 0.5) is 4.79 Å². The lowest BCUT2D eigenvalue weighted by atomic mass is 10.0. The van der Waals surface area contributed by atoms with Gasteiger partial charge in [0, 0.05) is 44.7 Å². The molecule has 1 atom stereocenters. The smallest absolute Gasteiger partial charge is 0.408 e. The van der Waals surface area contributed by atoms with E-state index in [1.807, 2.05) is 45.0 Å². The van der Waals surface area contributed by atoms with Crippen molar-refractivity contribution in [2.75, 3.05) is 33.2 Å². The van der Waals surface area contributed by atoms with E-state index >= 15 is 0 Å². The highest BCUT2D eigenvalue weighted by atomic mass is 16.6. The first-order valence-electron chi connectivity index (χ1n) is 12.5. The average Bonchev–Trinajstić information content (AvgIpc) is 3.35. The van der Waals surface area contributed by atoms with Crippen molar-refractivity contribution in [3.8, 4) is 17.5 Å². The van der Waals surface area contributed by atoms with Gasteiger partial charge in [0.1, 0.15) is 11.6 Å². The number of carbonyl (C=O) groups is 1. The number of amides is 1. The van der Waals surface area contributed by atoms with Gasteiger partial charge >= 0.3 is 6.09 Å². The van der Waals surface area contributed by atoms with Gasteiger partial charge in [-0.05, 0) is 57.1 Å². The van der Waals surface area contributed by atoms with Gasteiger partial charge in [-0.25, -0.2) is 4.79 Å². The SMILES string of the molecule is CN1CCN(Cc2cccc(-c3noc(C(Cc4ccc(C#N)cc4)NC(=O)OC(C)(C)C)n3)c2)CC1. The molecule has 1 saturated heterocycles. The van der Waals surface area contributed by atoms with Crippen LogP contribution in [0.1, 0.15) is 49.4 Å². The molecule has 9 heteroatoms. The van der Waals surface area contributed by atoms with Crippen LogP contribution in [-0.4, -0.2) is 64.9 Å². The maximum atomic E-state index is 12.6. The number of piperazine rings is 1. The number of nitrogens with zero attached hydrogens (tertiary/aromatic N) is 5. The van der Waals surface area contributed by atoms with E-state index in [2.05, 4.69) is 50.5 Å². The van der Waals surface area contributed by atoms with Crippen LogP contribution in [0.5, 0.6) is 0 Å². The van der Waals surface area contributed by atoms with E-state index < -0.39 is 17.7 Å². The van der Waals surface area contributed by atoms with Crippen LogP contribution in [0.2, 0.25) is 0 Å². The molecule has 0 spiro atoms. The summed E-state index contributed by atoms with van der Waals surface area (Å²) in [7, 11) is 2.15. The summed E-state index contributed by atoms with van der Waals surface area (Å²) in [5.41, 5.74) is 2.88. The highest BCUT2D eigenvalue weighted by Crippen LogP contribution is 2.24. The van der Waals surface area contributed by atoms with E-state index in [1.54, 1.807) is 12.1 Å². The molecule has 1 amide bonds. The molecular weight excluding hydrogens is 468 g/mol. The molecule has 1 fully saturated rings. The summed E-state index contributed by atoms with van der Waals surface area (Å²) in [4.78, 5) is 22.0. The summed E-state index contributed by atoms with van der Waals surface area (Å²) in [5.74, 6) is 0.751. The van der Waals surface area contributed by atoms with Gasteiger partial charge in [-0.3, -0.25) is 4.90 Å². The molecule has 1 aliphatic rings. The fraction of sp³-hybridized carbons (Fsp3) is 0.429. The van der Waals surface area contributed by atoms with Gasteiger partial charge in [0.05, 0.1) is 11.6 Å².